The van der Waals surface area contributed by atoms with Gasteiger partial charge in [0, 0.05) is 18.6 Å². The quantitative estimate of drug-likeness (QED) is 0.406. The molecule has 36 heavy (non-hydrogen) atoms. The van der Waals surface area contributed by atoms with E-state index in [4.69, 9.17) is 11.6 Å². The van der Waals surface area contributed by atoms with Crippen molar-refractivity contribution in [1.82, 2.24) is 10.2 Å². The van der Waals surface area contributed by atoms with Gasteiger partial charge in [0.25, 0.3) is 10.0 Å². The molecule has 7 nitrogen and oxygen atoms in total. The van der Waals surface area contributed by atoms with Crippen LogP contribution in [0.3, 0.4) is 0 Å². The fourth-order valence-corrected chi connectivity index (χ4v) is 5.46. The van der Waals surface area contributed by atoms with Crippen LogP contribution < -0.4 is 9.62 Å². The minimum atomic E-state index is -4.10. The van der Waals surface area contributed by atoms with Gasteiger partial charge in [-0.2, -0.15) is 0 Å². The van der Waals surface area contributed by atoms with E-state index in [9.17, 15) is 18.0 Å². The van der Waals surface area contributed by atoms with E-state index in [1.54, 1.807) is 30.3 Å². The van der Waals surface area contributed by atoms with Crippen LogP contribution >= 0.6 is 11.6 Å². The molecule has 190 valence electrons. The Morgan fingerprint density at radius 2 is 1.50 bits per heavy atom. The molecule has 0 radical (unpaired) electrons. The smallest absolute Gasteiger partial charge is 0.264 e. The lowest BCUT2D eigenvalue weighted by atomic mass is 10.1. The van der Waals surface area contributed by atoms with Gasteiger partial charge in [0.05, 0.1) is 10.6 Å². The molecule has 0 aliphatic heterocycles. The first kappa shape index (κ1) is 27.2. The molecule has 0 aromatic heterocycles. The molecule has 1 N–H and O–H groups in total. The molecule has 0 spiro atoms. The summed E-state index contributed by atoms with van der Waals surface area (Å²) in [5.41, 5.74) is 1.35. The summed E-state index contributed by atoms with van der Waals surface area (Å²) in [5.74, 6) is -0.770. The largest absolute Gasteiger partial charge is 0.357 e. The molecule has 0 saturated carbocycles. The van der Waals surface area contributed by atoms with E-state index in [1.807, 2.05) is 37.3 Å². The van der Waals surface area contributed by atoms with Gasteiger partial charge < -0.3 is 10.2 Å². The summed E-state index contributed by atoms with van der Waals surface area (Å²) in [4.78, 5) is 27.9. The van der Waals surface area contributed by atoms with Gasteiger partial charge in [-0.3, -0.25) is 13.9 Å². The summed E-state index contributed by atoms with van der Waals surface area (Å²) < 4.78 is 28.4. The Hall–Kier alpha value is -3.36. The average Bonchev–Trinajstić information content (AvgIpc) is 2.90. The van der Waals surface area contributed by atoms with Crippen LogP contribution in [0.15, 0.2) is 89.8 Å². The first-order valence-corrected chi connectivity index (χ1v) is 13.5. The molecule has 3 rings (SSSR count). The molecule has 1 atom stereocenters. The van der Waals surface area contributed by atoms with E-state index in [0.717, 1.165) is 9.87 Å². The maximum atomic E-state index is 13.7. The highest BCUT2D eigenvalue weighted by Gasteiger charge is 2.33. The predicted octanol–water partition coefficient (Wildman–Crippen LogP) is 4.13. The third kappa shape index (κ3) is 6.65. The standard InChI is InChI=1S/C27H30ClN3O4S/c1-3-25(27(33)29-2)30(19-18-21-10-6-4-7-11-21)26(32)20-31(23-12-8-5-9-13-23)36(34,35)24-16-14-22(28)15-17-24/h4-17,25H,3,18-20H2,1-2H3,(H,29,33). The number of carbonyl (C=O) groups excluding carboxylic acids is 2. The number of likely N-dealkylation sites (N-methyl/N-ethyl adjacent to an activating group) is 1. The second-order valence-electron chi connectivity index (χ2n) is 8.16. The molecule has 2 amide bonds. The molecular weight excluding hydrogens is 498 g/mol. The van der Waals surface area contributed by atoms with Crippen molar-refractivity contribution in [3.63, 3.8) is 0 Å². The van der Waals surface area contributed by atoms with Crippen LogP contribution in [0, 0.1) is 0 Å². The Kier molecular flexibility index (Phi) is 9.50. The van der Waals surface area contributed by atoms with Crippen LogP contribution in [0.2, 0.25) is 5.02 Å². The number of sulfonamides is 1. The first-order chi connectivity index (χ1) is 17.3. The lowest BCUT2D eigenvalue weighted by Crippen LogP contribution is -2.52. The third-order valence-corrected chi connectivity index (χ3v) is 7.88. The molecular formula is C27H30ClN3O4S. The molecule has 0 heterocycles. The van der Waals surface area contributed by atoms with Crippen molar-refractivity contribution in [3.8, 4) is 0 Å². The van der Waals surface area contributed by atoms with Crippen molar-refractivity contribution in [2.45, 2.75) is 30.7 Å². The number of carbonyl (C=O) groups is 2. The van der Waals surface area contributed by atoms with E-state index >= 15 is 0 Å². The molecule has 0 aliphatic rings. The van der Waals surface area contributed by atoms with E-state index in [2.05, 4.69) is 5.32 Å². The molecule has 0 fully saturated rings. The number of amides is 2. The highest BCUT2D eigenvalue weighted by Crippen LogP contribution is 2.25. The predicted molar refractivity (Wildman–Crippen MR) is 142 cm³/mol. The minimum Gasteiger partial charge on any atom is -0.357 e. The zero-order chi connectivity index (χ0) is 26.1. The van der Waals surface area contributed by atoms with E-state index in [-0.39, 0.29) is 17.3 Å². The number of halogens is 1. The topological polar surface area (TPSA) is 86.8 Å². The second kappa shape index (κ2) is 12.6. The average molecular weight is 528 g/mol. The summed E-state index contributed by atoms with van der Waals surface area (Å²) in [6.45, 7) is 1.62. The Balaban J connectivity index is 1.97. The van der Waals surface area contributed by atoms with Crippen LogP contribution in [-0.4, -0.2) is 51.3 Å². The Labute approximate surface area is 217 Å². The first-order valence-electron chi connectivity index (χ1n) is 11.7. The number of rotatable bonds is 11. The van der Waals surface area contributed by atoms with Crippen molar-refractivity contribution in [2.24, 2.45) is 0 Å². The highest BCUT2D eigenvalue weighted by molar-refractivity contribution is 7.92. The number of anilines is 1. The fourth-order valence-electron chi connectivity index (χ4n) is 3.92. The molecule has 0 saturated heterocycles. The van der Waals surface area contributed by atoms with E-state index in [1.165, 1.54) is 36.2 Å². The Bertz CT molecular complexity index is 1250. The molecule has 3 aromatic carbocycles. The van der Waals surface area contributed by atoms with Crippen LogP contribution in [0.5, 0.6) is 0 Å². The van der Waals surface area contributed by atoms with Gasteiger partial charge in [0.1, 0.15) is 12.6 Å². The Morgan fingerprint density at radius 1 is 0.917 bits per heavy atom. The van der Waals surface area contributed by atoms with Crippen molar-refractivity contribution < 1.29 is 18.0 Å². The number of hydrogen-bond acceptors (Lipinski definition) is 4. The highest BCUT2D eigenvalue weighted by atomic mass is 35.5. The van der Waals surface area contributed by atoms with E-state index in [0.29, 0.717) is 23.6 Å². The van der Waals surface area contributed by atoms with Crippen LogP contribution in [-0.2, 0) is 26.0 Å². The van der Waals surface area contributed by atoms with Gasteiger partial charge in [-0.05, 0) is 54.8 Å². The molecule has 3 aromatic rings. The number of benzene rings is 3. The third-order valence-electron chi connectivity index (χ3n) is 5.84. The lowest BCUT2D eigenvalue weighted by Gasteiger charge is -2.33. The van der Waals surface area contributed by atoms with Gasteiger partial charge in [0.15, 0.2) is 0 Å². The summed E-state index contributed by atoms with van der Waals surface area (Å²) in [6.07, 6.45) is 0.908. The monoisotopic (exact) mass is 527 g/mol. The summed E-state index contributed by atoms with van der Waals surface area (Å²) in [7, 11) is -2.58. The molecule has 9 heteroatoms. The van der Waals surface area contributed by atoms with Gasteiger partial charge in [-0.25, -0.2) is 8.42 Å². The van der Waals surface area contributed by atoms with Gasteiger partial charge in [0.2, 0.25) is 11.8 Å². The summed E-state index contributed by atoms with van der Waals surface area (Å²) in [5, 5.41) is 3.02. The van der Waals surface area contributed by atoms with Crippen LogP contribution in [0.1, 0.15) is 18.9 Å². The normalized spacial score (nSPS) is 12.0. The zero-order valence-corrected chi connectivity index (χ0v) is 21.9. The summed E-state index contributed by atoms with van der Waals surface area (Å²) >= 11 is 5.96. The van der Waals surface area contributed by atoms with Crippen LogP contribution in [0.25, 0.3) is 0 Å². The number of nitrogens with zero attached hydrogens (tertiary/aromatic N) is 2. The van der Waals surface area contributed by atoms with E-state index < -0.39 is 28.5 Å². The maximum absolute atomic E-state index is 13.7. The lowest BCUT2D eigenvalue weighted by molar-refractivity contribution is -0.139. The summed E-state index contributed by atoms with van der Waals surface area (Å²) in [6, 6.07) is 23.1. The molecule has 0 bridgehead atoms. The number of nitrogens with one attached hydrogen (secondary N) is 1. The number of para-hydroxylation sites is 1. The van der Waals surface area contributed by atoms with Gasteiger partial charge in [-0.15, -0.1) is 0 Å². The Morgan fingerprint density at radius 3 is 2.06 bits per heavy atom. The van der Waals surface area contributed by atoms with Gasteiger partial charge in [-0.1, -0.05) is 67.1 Å². The fraction of sp³-hybridized carbons (Fsp3) is 0.259. The van der Waals surface area contributed by atoms with Crippen LogP contribution in [0.4, 0.5) is 5.69 Å². The second-order valence-corrected chi connectivity index (χ2v) is 10.5. The van der Waals surface area contributed by atoms with Crippen molar-refractivity contribution in [1.29, 1.82) is 0 Å². The number of hydrogen-bond donors (Lipinski definition) is 1. The van der Waals surface area contributed by atoms with Crippen molar-refractivity contribution >= 4 is 39.1 Å². The SMILES string of the molecule is CCC(C(=O)NC)N(CCc1ccccc1)C(=O)CN(c1ccccc1)S(=O)(=O)c1ccc(Cl)cc1. The zero-order valence-electron chi connectivity index (χ0n) is 20.3. The minimum absolute atomic E-state index is 0.0118. The molecule has 1 unspecified atom stereocenters. The maximum Gasteiger partial charge on any atom is 0.264 e. The van der Waals surface area contributed by atoms with Gasteiger partial charge >= 0.3 is 0 Å². The molecule has 0 aliphatic carbocycles. The van der Waals surface area contributed by atoms with Crippen molar-refractivity contribution in [2.75, 3.05) is 24.4 Å². The van der Waals surface area contributed by atoms with Crippen molar-refractivity contribution in [3.05, 3.63) is 95.5 Å².